The van der Waals surface area contributed by atoms with Crippen LogP contribution in [0.1, 0.15) is 75.8 Å². The highest BCUT2D eigenvalue weighted by molar-refractivity contribution is 6.32. The minimum Gasteiger partial charge on any atom is -0.507 e. The molecule has 252 valence electrons. The number of hydrogen-bond donors (Lipinski definition) is 5. The molecule has 0 saturated carbocycles. The second-order valence-corrected chi connectivity index (χ2v) is 12.8. The third kappa shape index (κ3) is 4.97. The van der Waals surface area contributed by atoms with Crippen LogP contribution in [0.2, 0.25) is 0 Å². The van der Waals surface area contributed by atoms with Gasteiger partial charge in [0.05, 0.1) is 35.5 Å². The highest BCUT2D eigenvalue weighted by Crippen LogP contribution is 2.53. The van der Waals surface area contributed by atoms with Crippen molar-refractivity contribution in [3.8, 4) is 11.5 Å². The van der Waals surface area contributed by atoms with Gasteiger partial charge in [0.25, 0.3) is 0 Å². The number of nitrogens with one attached hydrogen (secondary N) is 1. The number of ether oxygens (including phenoxy) is 5. The molecular formula is C33H39N3O11. The number of phenols is 2. The summed E-state index contributed by atoms with van der Waals surface area (Å²) in [7, 11) is 1.55. The van der Waals surface area contributed by atoms with Crippen LogP contribution in [0, 0.1) is 0 Å². The maximum absolute atomic E-state index is 14.1. The van der Waals surface area contributed by atoms with Crippen molar-refractivity contribution in [3.05, 3.63) is 51.6 Å². The summed E-state index contributed by atoms with van der Waals surface area (Å²) in [6.45, 7) is 4.73. The number of nitrogens with zero attached hydrogens (tertiary/aromatic N) is 1. The molecule has 3 aliphatic heterocycles. The second kappa shape index (κ2) is 11.9. The van der Waals surface area contributed by atoms with Crippen molar-refractivity contribution in [2.75, 3.05) is 38.7 Å². The Morgan fingerprint density at radius 2 is 1.91 bits per heavy atom. The number of anilines is 1. The van der Waals surface area contributed by atoms with Crippen molar-refractivity contribution in [3.63, 3.8) is 0 Å². The van der Waals surface area contributed by atoms with E-state index in [1.165, 1.54) is 13.0 Å². The van der Waals surface area contributed by atoms with Crippen molar-refractivity contribution >= 4 is 23.0 Å². The molecule has 0 aromatic heterocycles. The lowest BCUT2D eigenvalue weighted by Gasteiger charge is -2.43. The molecule has 2 aromatic rings. The minimum absolute atomic E-state index is 0.0221. The number of nitrogens with two attached hydrogens (primary N) is 1. The van der Waals surface area contributed by atoms with Crippen LogP contribution in [0.15, 0.2) is 18.2 Å². The van der Waals surface area contributed by atoms with Crippen LogP contribution in [-0.2, 0) is 34.9 Å². The second-order valence-electron chi connectivity index (χ2n) is 12.8. The number of hydrogen-bond acceptors (Lipinski definition) is 14. The van der Waals surface area contributed by atoms with Gasteiger partial charge in [0, 0.05) is 74.4 Å². The molecule has 3 saturated heterocycles. The molecule has 2 aromatic carbocycles. The zero-order valence-electron chi connectivity index (χ0n) is 26.4. The van der Waals surface area contributed by atoms with Gasteiger partial charge in [0.2, 0.25) is 0 Å². The van der Waals surface area contributed by atoms with Crippen LogP contribution in [0.25, 0.3) is 0 Å². The first kappa shape index (κ1) is 32.1. The number of carbonyl (C=O) groups excluding carboxylic acids is 3. The number of aromatic hydroxyl groups is 2. The molecule has 3 heterocycles. The first-order valence-corrected chi connectivity index (χ1v) is 15.9. The van der Waals surface area contributed by atoms with Crippen molar-refractivity contribution in [2.45, 2.75) is 81.9 Å². The van der Waals surface area contributed by atoms with Crippen molar-refractivity contribution < 1.29 is 53.4 Å². The molecule has 3 fully saturated rings. The fourth-order valence-corrected chi connectivity index (χ4v) is 7.81. The van der Waals surface area contributed by atoms with Crippen LogP contribution in [-0.4, -0.2) is 114 Å². The lowest BCUT2D eigenvalue weighted by atomic mass is 9.72. The highest BCUT2D eigenvalue weighted by Gasteiger charge is 2.55. The van der Waals surface area contributed by atoms with Gasteiger partial charge < -0.3 is 50.1 Å². The van der Waals surface area contributed by atoms with E-state index in [1.54, 1.807) is 19.2 Å². The Kier molecular flexibility index (Phi) is 8.12. The number of Topliss-reactive ketones (excluding diaryl/α,β-unsaturated/α-hetero) is 1. The molecule has 47 heavy (non-hydrogen) atoms. The first-order valence-electron chi connectivity index (χ1n) is 15.9. The number of aliphatic hydroxyl groups is 1. The Morgan fingerprint density at radius 1 is 1.15 bits per heavy atom. The van der Waals surface area contributed by atoms with E-state index in [1.807, 2.05) is 6.92 Å². The van der Waals surface area contributed by atoms with Gasteiger partial charge in [0.15, 0.2) is 36.2 Å². The lowest BCUT2D eigenvalue weighted by molar-refractivity contribution is -0.256. The number of ketones is 3. The van der Waals surface area contributed by atoms with Crippen LogP contribution in [0.4, 0.5) is 5.69 Å². The molecule has 6 N–H and O–H groups in total. The van der Waals surface area contributed by atoms with Crippen LogP contribution in [0.5, 0.6) is 11.5 Å². The van der Waals surface area contributed by atoms with Crippen molar-refractivity contribution in [2.24, 2.45) is 5.73 Å². The molecule has 14 heteroatoms. The topological polar surface area (TPSA) is 199 Å². The normalized spacial score (nSPS) is 33.0. The van der Waals surface area contributed by atoms with E-state index in [9.17, 15) is 29.7 Å². The van der Waals surface area contributed by atoms with Gasteiger partial charge in [-0.3, -0.25) is 19.3 Å². The Balaban J connectivity index is 1.28. The maximum Gasteiger partial charge on any atom is 0.200 e. The number of phenolic OH excluding ortho intramolecular Hbond substituents is 2. The lowest BCUT2D eigenvalue weighted by Crippen LogP contribution is -2.55. The highest BCUT2D eigenvalue weighted by atomic mass is 16.7. The van der Waals surface area contributed by atoms with E-state index in [-0.39, 0.29) is 58.5 Å². The van der Waals surface area contributed by atoms with Crippen LogP contribution >= 0.6 is 0 Å². The summed E-state index contributed by atoms with van der Waals surface area (Å²) in [6, 6.07) is 4.57. The van der Waals surface area contributed by atoms with Gasteiger partial charge >= 0.3 is 0 Å². The van der Waals surface area contributed by atoms with Gasteiger partial charge in [-0.05, 0) is 19.9 Å². The SMILES string of the molecule is CO[C@H]1OCCN2[C@@H]1O[C@@H]1[C@H](C)O[C@@H](O[C@H]3C[C@](O)(C(C)=O)Cc4c(O)c5c(c(O)c43)C(=O)c3c(NCCN)cccc3C5=O)C[C@@H]12. The zero-order valence-corrected chi connectivity index (χ0v) is 26.4. The van der Waals surface area contributed by atoms with E-state index >= 15 is 0 Å². The van der Waals surface area contributed by atoms with E-state index in [0.717, 1.165) is 0 Å². The number of fused-ring (bicyclic) bond motifs is 6. The molecule has 0 unspecified atom stereocenters. The molecule has 14 nitrogen and oxygen atoms in total. The van der Waals surface area contributed by atoms with E-state index in [4.69, 9.17) is 29.4 Å². The van der Waals surface area contributed by atoms with Gasteiger partial charge in [-0.15, -0.1) is 0 Å². The Morgan fingerprint density at radius 3 is 2.64 bits per heavy atom. The molecule has 0 bridgehead atoms. The van der Waals surface area contributed by atoms with Crippen molar-refractivity contribution in [1.82, 2.24) is 4.90 Å². The summed E-state index contributed by atoms with van der Waals surface area (Å²) in [6.07, 6.45) is -4.16. The largest absolute Gasteiger partial charge is 0.507 e. The molecule has 2 aliphatic carbocycles. The number of methoxy groups -OCH3 is 1. The summed E-state index contributed by atoms with van der Waals surface area (Å²) in [5.41, 5.74) is 3.34. The molecular weight excluding hydrogens is 614 g/mol. The average molecular weight is 654 g/mol. The quantitative estimate of drug-likeness (QED) is 0.227. The van der Waals surface area contributed by atoms with Crippen LogP contribution in [0.3, 0.4) is 0 Å². The number of carbonyl (C=O) groups is 3. The molecule has 8 atom stereocenters. The van der Waals surface area contributed by atoms with Crippen LogP contribution < -0.4 is 11.1 Å². The molecule has 7 rings (SSSR count). The maximum atomic E-state index is 14.1. The minimum atomic E-state index is -1.99. The molecule has 0 spiro atoms. The van der Waals surface area contributed by atoms with E-state index in [2.05, 4.69) is 10.2 Å². The number of benzene rings is 2. The average Bonchev–Trinajstić information content (AvgIpc) is 3.43. The predicted molar refractivity (Wildman–Crippen MR) is 163 cm³/mol. The Labute approximate surface area is 270 Å². The van der Waals surface area contributed by atoms with E-state index in [0.29, 0.717) is 31.8 Å². The van der Waals surface area contributed by atoms with E-state index < -0.39 is 71.9 Å². The molecule has 0 amide bonds. The van der Waals surface area contributed by atoms with Gasteiger partial charge in [-0.1, -0.05) is 12.1 Å². The van der Waals surface area contributed by atoms with Gasteiger partial charge in [-0.2, -0.15) is 0 Å². The fourth-order valence-electron chi connectivity index (χ4n) is 7.81. The molecule has 0 radical (unpaired) electrons. The van der Waals surface area contributed by atoms with Gasteiger partial charge in [-0.25, -0.2) is 0 Å². The number of rotatable bonds is 7. The Bertz CT molecular complexity index is 1650. The Hall–Kier alpha value is -3.47. The van der Waals surface area contributed by atoms with Gasteiger partial charge in [0.1, 0.15) is 23.2 Å². The summed E-state index contributed by atoms with van der Waals surface area (Å²) >= 11 is 0. The van der Waals surface area contributed by atoms with Crippen molar-refractivity contribution in [1.29, 1.82) is 0 Å². The first-order chi connectivity index (χ1) is 22.5. The summed E-state index contributed by atoms with van der Waals surface area (Å²) in [5.74, 6) is -3.07. The summed E-state index contributed by atoms with van der Waals surface area (Å²) in [4.78, 5) is 42.9. The molecule has 5 aliphatic rings. The zero-order chi connectivity index (χ0) is 33.4. The summed E-state index contributed by atoms with van der Waals surface area (Å²) in [5, 5.41) is 38.1. The predicted octanol–water partition coefficient (Wildman–Crippen LogP) is 1.10. The number of morpholine rings is 1. The monoisotopic (exact) mass is 653 g/mol. The smallest absolute Gasteiger partial charge is 0.200 e. The standard InChI is InChI=1S/C33H39N3O11/c1-14-30-19(36-9-10-44-32(43-3)31(36)47-30)11-21(45-14)46-20-13-33(42,15(2)37)12-17-23(20)29(41)25-24(27(17)39)26(38)16-5-4-6-18(35-8-7-34)22(16)28(25)40/h4-6,14,19-21,30-32,35,39,41-42H,7-13,34H2,1-3H3/t14-,19-,20-,21-,30+,31+,32-,33-/m0/s1. The fraction of sp³-hybridized carbons (Fsp3) is 0.545. The summed E-state index contributed by atoms with van der Waals surface area (Å²) < 4.78 is 30.2. The third-order valence-corrected chi connectivity index (χ3v) is 10.1. The third-order valence-electron chi connectivity index (χ3n) is 10.1.